The van der Waals surface area contributed by atoms with Crippen molar-refractivity contribution in [2.45, 2.75) is 51.1 Å². The molecule has 3 fully saturated rings. The standard InChI is InChI=1S/C19H27N3O2/c1-14-3-2-9-20-18(14)24-13-15-6-10-21(11-7-15)17-8-12-22(19(17)23)16-4-5-16/h2-3,9,15-17H,4-8,10-13H2,1H3. The molecule has 5 heteroatoms. The molecule has 2 saturated heterocycles. The molecule has 1 atom stereocenters. The number of aromatic nitrogens is 1. The lowest BCUT2D eigenvalue weighted by Crippen LogP contribution is -2.46. The van der Waals surface area contributed by atoms with Crippen molar-refractivity contribution in [3.8, 4) is 5.88 Å². The van der Waals surface area contributed by atoms with Gasteiger partial charge in [0, 0.05) is 24.3 Å². The Morgan fingerprint density at radius 1 is 1.17 bits per heavy atom. The highest BCUT2D eigenvalue weighted by atomic mass is 16.5. The number of likely N-dealkylation sites (tertiary alicyclic amines) is 2. The van der Waals surface area contributed by atoms with Crippen LogP contribution in [0, 0.1) is 12.8 Å². The lowest BCUT2D eigenvalue weighted by molar-refractivity contribution is -0.133. The van der Waals surface area contributed by atoms with Crippen LogP contribution in [0.1, 0.15) is 37.7 Å². The Labute approximate surface area is 144 Å². The maximum absolute atomic E-state index is 12.6. The summed E-state index contributed by atoms with van der Waals surface area (Å²) in [4.78, 5) is 21.4. The van der Waals surface area contributed by atoms with Gasteiger partial charge in [-0.2, -0.15) is 0 Å². The van der Waals surface area contributed by atoms with Gasteiger partial charge in [0.25, 0.3) is 0 Å². The molecule has 3 aliphatic rings. The SMILES string of the molecule is Cc1cccnc1OCC1CCN(C2CCN(C3CC3)C2=O)CC1. The van der Waals surface area contributed by atoms with Crippen molar-refractivity contribution in [3.05, 3.63) is 23.9 Å². The summed E-state index contributed by atoms with van der Waals surface area (Å²) in [6, 6.07) is 4.67. The number of aryl methyl sites for hydroxylation is 1. The van der Waals surface area contributed by atoms with Crippen molar-refractivity contribution in [1.29, 1.82) is 0 Å². The minimum Gasteiger partial charge on any atom is -0.477 e. The largest absolute Gasteiger partial charge is 0.477 e. The number of ether oxygens (including phenoxy) is 1. The summed E-state index contributed by atoms with van der Waals surface area (Å²) in [6.45, 7) is 5.77. The number of carbonyl (C=O) groups excluding carboxylic acids is 1. The van der Waals surface area contributed by atoms with Crippen LogP contribution in [-0.4, -0.2) is 59.0 Å². The molecular weight excluding hydrogens is 302 g/mol. The molecule has 1 aliphatic carbocycles. The van der Waals surface area contributed by atoms with Crippen molar-refractivity contribution >= 4 is 5.91 Å². The molecule has 1 unspecified atom stereocenters. The molecule has 0 bridgehead atoms. The van der Waals surface area contributed by atoms with Gasteiger partial charge in [0.15, 0.2) is 0 Å². The van der Waals surface area contributed by atoms with E-state index in [4.69, 9.17) is 4.74 Å². The van der Waals surface area contributed by atoms with Crippen LogP contribution in [0.2, 0.25) is 0 Å². The van der Waals surface area contributed by atoms with E-state index in [-0.39, 0.29) is 6.04 Å². The van der Waals surface area contributed by atoms with Gasteiger partial charge in [-0.15, -0.1) is 0 Å². The van der Waals surface area contributed by atoms with Crippen molar-refractivity contribution in [3.63, 3.8) is 0 Å². The van der Waals surface area contributed by atoms with Gasteiger partial charge in [-0.25, -0.2) is 4.98 Å². The summed E-state index contributed by atoms with van der Waals surface area (Å²) in [7, 11) is 0. The van der Waals surface area contributed by atoms with Crippen LogP contribution in [0.15, 0.2) is 18.3 Å². The second-order valence-electron chi connectivity index (χ2n) is 7.48. The molecule has 0 spiro atoms. The molecule has 1 saturated carbocycles. The molecular formula is C19H27N3O2. The smallest absolute Gasteiger partial charge is 0.240 e. The highest BCUT2D eigenvalue weighted by molar-refractivity contribution is 5.84. The van der Waals surface area contributed by atoms with Crippen LogP contribution in [-0.2, 0) is 4.79 Å². The van der Waals surface area contributed by atoms with Gasteiger partial charge in [-0.3, -0.25) is 9.69 Å². The van der Waals surface area contributed by atoms with Crippen LogP contribution < -0.4 is 4.74 Å². The molecule has 24 heavy (non-hydrogen) atoms. The van der Waals surface area contributed by atoms with E-state index in [1.54, 1.807) is 6.20 Å². The van der Waals surface area contributed by atoms with E-state index < -0.39 is 0 Å². The molecule has 4 rings (SSSR count). The van der Waals surface area contributed by atoms with E-state index in [2.05, 4.69) is 14.8 Å². The van der Waals surface area contributed by atoms with Gasteiger partial charge in [0.1, 0.15) is 0 Å². The Morgan fingerprint density at radius 3 is 2.67 bits per heavy atom. The van der Waals surface area contributed by atoms with Crippen LogP contribution >= 0.6 is 0 Å². The third kappa shape index (κ3) is 3.27. The number of hydrogen-bond donors (Lipinski definition) is 0. The fraction of sp³-hybridized carbons (Fsp3) is 0.684. The molecule has 5 nitrogen and oxygen atoms in total. The topological polar surface area (TPSA) is 45.7 Å². The first-order valence-corrected chi connectivity index (χ1v) is 9.31. The van der Waals surface area contributed by atoms with Crippen molar-refractivity contribution < 1.29 is 9.53 Å². The summed E-state index contributed by atoms with van der Waals surface area (Å²) in [5, 5.41) is 0. The normalized spacial score (nSPS) is 26.1. The van der Waals surface area contributed by atoms with Crippen molar-refractivity contribution in [2.24, 2.45) is 5.92 Å². The molecule has 0 N–H and O–H groups in total. The number of piperidine rings is 1. The lowest BCUT2D eigenvalue weighted by atomic mass is 9.96. The average Bonchev–Trinajstić information content (AvgIpc) is 3.37. The van der Waals surface area contributed by atoms with Crippen LogP contribution in [0.25, 0.3) is 0 Å². The highest BCUT2D eigenvalue weighted by Gasteiger charge is 2.43. The Kier molecular flexibility index (Phi) is 4.44. The zero-order valence-corrected chi connectivity index (χ0v) is 14.5. The van der Waals surface area contributed by atoms with Crippen LogP contribution in [0.4, 0.5) is 0 Å². The maximum atomic E-state index is 12.6. The zero-order valence-electron chi connectivity index (χ0n) is 14.5. The average molecular weight is 329 g/mol. The van der Waals surface area contributed by atoms with E-state index in [0.717, 1.165) is 56.9 Å². The number of carbonyl (C=O) groups is 1. The number of pyridine rings is 1. The number of rotatable bonds is 5. The predicted octanol–water partition coefficient (Wildman–Crippen LogP) is 2.24. The predicted molar refractivity (Wildman–Crippen MR) is 91.9 cm³/mol. The summed E-state index contributed by atoms with van der Waals surface area (Å²) >= 11 is 0. The van der Waals surface area contributed by atoms with Gasteiger partial charge in [0.2, 0.25) is 11.8 Å². The van der Waals surface area contributed by atoms with Gasteiger partial charge < -0.3 is 9.64 Å². The van der Waals surface area contributed by atoms with E-state index in [1.807, 2.05) is 19.1 Å². The molecule has 1 aromatic rings. The van der Waals surface area contributed by atoms with Crippen molar-refractivity contribution in [2.75, 3.05) is 26.2 Å². The van der Waals surface area contributed by atoms with E-state index in [9.17, 15) is 4.79 Å². The second-order valence-corrected chi connectivity index (χ2v) is 7.48. The fourth-order valence-electron chi connectivity index (χ4n) is 4.02. The third-order valence-electron chi connectivity index (χ3n) is 5.71. The molecule has 0 aromatic carbocycles. The second kappa shape index (κ2) is 6.71. The Morgan fingerprint density at radius 2 is 1.96 bits per heavy atom. The van der Waals surface area contributed by atoms with E-state index in [0.29, 0.717) is 17.9 Å². The summed E-state index contributed by atoms with van der Waals surface area (Å²) < 4.78 is 5.91. The monoisotopic (exact) mass is 329 g/mol. The molecule has 1 amide bonds. The highest BCUT2D eigenvalue weighted by Crippen LogP contribution is 2.33. The Balaban J connectivity index is 1.25. The first-order valence-electron chi connectivity index (χ1n) is 9.31. The van der Waals surface area contributed by atoms with Gasteiger partial charge in [-0.1, -0.05) is 6.07 Å². The summed E-state index contributed by atoms with van der Waals surface area (Å²) in [5.41, 5.74) is 1.09. The molecule has 0 radical (unpaired) electrons. The summed E-state index contributed by atoms with van der Waals surface area (Å²) in [5.74, 6) is 1.71. The molecule has 130 valence electrons. The van der Waals surface area contributed by atoms with Crippen LogP contribution in [0.5, 0.6) is 5.88 Å². The molecule has 1 aromatic heterocycles. The fourth-order valence-corrected chi connectivity index (χ4v) is 4.02. The van der Waals surface area contributed by atoms with E-state index in [1.165, 1.54) is 12.8 Å². The summed E-state index contributed by atoms with van der Waals surface area (Å²) in [6.07, 6.45) is 7.44. The lowest BCUT2D eigenvalue weighted by Gasteiger charge is -2.35. The zero-order chi connectivity index (χ0) is 16.5. The minimum absolute atomic E-state index is 0.144. The van der Waals surface area contributed by atoms with Crippen molar-refractivity contribution in [1.82, 2.24) is 14.8 Å². The molecule has 2 aliphatic heterocycles. The van der Waals surface area contributed by atoms with E-state index >= 15 is 0 Å². The Hall–Kier alpha value is -1.62. The number of nitrogens with zero attached hydrogens (tertiary/aromatic N) is 3. The van der Waals surface area contributed by atoms with Gasteiger partial charge in [0.05, 0.1) is 12.6 Å². The number of hydrogen-bond acceptors (Lipinski definition) is 4. The quantitative estimate of drug-likeness (QED) is 0.831. The minimum atomic E-state index is 0.144. The van der Waals surface area contributed by atoms with Crippen LogP contribution in [0.3, 0.4) is 0 Å². The molecule has 3 heterocycles. The third-order valence-corrected chi connectivity index (χ3v) is 5.71. The first-order chi connectivity index (χ1) is 11.7. The first kappa shape index (κ1) is 15.9. The number of amides is 1. The maximum Gasteiger partial charge on any atom is 0.240 e. The van der Waals surface area contributed by atoms with Gasteiger partial charge in [-0.05, 0) is 64.1 Å². The Bertz CT molecular complexity index is 594. The van der Waals surface area contributed by atoms with Gasteiger partial charge >= 0.3 is 0 Å².